The van der Waals surface area contributed by atoms with Crippen molar-refractivity contribution in [1.29, 1.82) is 0 Å². The quantitative estimate of drug-likeness (QED) is 0.154. The van der Waals surface area contributed by atoms with E-state index in [1.54, 1.807) is 19.4 Å². The van der Waals surface area contributed by atoms with Gasteiger partial charge in [0.15, 0.2) is 5.82 Å². The van der Waals surface area contributed by atoms with Gasteiger partial charge in [-0.1, -0.05) is 54.0 Å². The largest absolute Gasteiger partial charge is 0.496 e. The first-order valence-corrected chi connectivity index (χ1v) is 14.9. The number of hydrogen-bond acceptors (Lipinski definition) is 6. The number of aryl methyl sites for hydroxylation is 1. The fourth-order valence-electron chi connectivity index (χ4n) is 4.87. The predicted molar refractivity (Wildman–Crippen MR) is 179 cm³/mol. The van der Waals surface area contributed by atoms with Crippen LogP contribution >= 0.6 is 15.9 Å². The number of benzene rings is 4. The molecule has 220 valence electrons. The topological polar surface area (TPSA) is 69.0 Å². The van der Waals surface area contributed by atoms with E-state index in [0.29, 0.717) is 29.1 Å². The van der Waals surface area contributed by atoms with Gasteiger partial charge in [-0.05, 0) is 78.1 Å². The molecular formula is C35H35BrN4O3. The lowest BCUT2D eigenvalue weighted by Gasteiger charge is -2.18. The molecule has 0 saturated carbocycles. The molecule has 43 heavy (non-hydrogen) atoms. The summed E-state index contributed by atoms with van der Waals surface area (Å²) in [5.74, 6) is 2.13. The molecule has 5 rings (SSSR count). The Labute approximate surface area is 260 Å². The molecule has 0 bridgehead atoms. The van der Waals surface area contributed by atoms with E-state index in [0.717, 1.165) is 43.7 Å². The third-order valence-electron chi connectivity index (χ3n) is 7.33. The minimum Gasteiger partial charge on any atom is -0.496 e. The summed E-state index contributed by atoms with van der Waals surface area (Å²) < 4.78 is 14.4. The van der Waals surface area contributed by atoms with Crippen molar-refractivity contribution in [3.63, 3.8) is 0 Å². The summed E-state index contributed by atoms with van der Waals surface area (Å²) in [6.07, 6.45) is 1.67. The van der Waals surface area contributed by atoms with Crippen LogP contribution in [0.2, 0.25) is 0 Å². The second-order valence-electron chi connectivity index (χ2n) is 10.9. The van der Waals surface area contributed by atoms with Gasteiger partial charge in [0.1, 0.15) is 18.1 Å². The van der Waals surface area contributed by atoms with Crippen molar-refractivity contribution in [2.24, 2.45) is 5.10 Å². The summed E-state index contributed by atoms with van der Waals surface area (Å²) in [4.78, 5) is 20.9. The van der Waals surface area contributed by atoms with Crippen LogP contribution in [0.25, 0.3) is 22.3 Å². The lowest BCUT2D eigenvalue weighted by atomic mass is 9.96. The first-order chi connectivity index (χ1) is 20.7. The van der Waals surface area contributed by atoms with E-state index >= 15 is 0 Å². The summed E-state index contributed by atoms with van der Waals surface area (Å²) in [5, 5.41) is 5.24. The van der Waals surface area contributed by atoms with Gasteiger partial charge in [0.2, 0.25) is 0 Å². The van der Waals surface area contributed by atoms with E-state index in [1.165, 1.54) is 4.68 Å². The number of fused-ring (bicyclic) bond motifs is 1. The molecule has 0 spiro atoms. The van der Waals surface area contributed by atoms with Crippen molar-refractivity contribution >= 4 is 38.7 Å². The second-order valence-corrected chi connectivity index (χ2v) is 11.8. The zero-order valence-electron chi connectivity index (χ0n) is 25.3. The number of rotatable bonds is 9. The third kappa shape index (κ3) is 6.49. The van der Waals surface area contributed by atoms with Gasteiger partial charge in [-0.15, -0.1) is 0 Å². The number of ether oxygens (including phenoxy) is 2. The van der Waals surface area contributed by atoms with Gasteiger partial charge in [-0.2, -0.15) is 9.78 Å². The summed E-state index contributed by atoms with van der Waals surface area (Å²) in [5.41, 5.74) is 5.91. The number of aromatic nitrogens is 2. The van der Waals surface area contributed by atoms with Gasteiger partial charge in [0.05, 0.1) is 24.2 Å². The lowest BCUT2D eigenvalue weighted by Crippen LogP contribution is -2.21. The van der Waals surface area contributed by atoms with Crippen LogP contribution in [0.4, 0.5) is 5.69 Å². The number of nitrogens with zero attached hydrogens (tertiary/aromatic N) is 4. The van der Waals surface area contributed by atoms with Gasteiger partial charge in [0.25, 0.3) is 5.56 Å². The van der Waals surface area contributed by atoms with E-state index in [4.69, 9.17) is 19.6 Å². The maximum atomic E-state index is 13.9. The molecule has 0 aliphatic rings. The Morgan fingerprint density at radius 3 is 2.44 bits per heavy atom. The van der Waals surface area contributed by atoms with Crippen LogP contribution in [0.3, 0.4) is 0 Å². The van der Waals surface area contributed by atoms with E-state index in [-0.39, 0.29) is 11.5 Å². The van der Waals surface area contributed by atoms with Gasteiger partial charge < -0.3 is 14.4 Å². The Bertz CT molecular complexity index is 1860. The molecule has 5 aromatic rings. The average molecular weight is 640 g/mol. The van der Waals surface area contributed by atoms with Gasteiger partial charge >= 0.3 is 0 Å². The molecule has 7 nitrogen and oxygen atoms in total. The minimum atomic E-state index is -0.250. The Kier molecular flexibility index (Phi) is 8.97. The number of hydrogen-bond donors (Lipinski definition) is 0. The zero-order valence-corrected chi connectivity index (χ0v) is 26.8. The molecule has 0 saturated heterocycles. The molecular weight excluding hydrogens is 604 g/mol. The van der Waals surface area contributed by atoms with Gasteiger partial charge in [0, 0.05) is 41.4 Å². The molecule has 0 radical (unpaired) electrons. The van der Waals surface area contributed by atoms with Gasteiger partial charge in [-0.25, -0.2) is 4.98 Å². The Morgan fingerprint density at radius 1 is 1.00 bits per heavy atom. The first-order valence-electron chi connectivity index (χ1n) is 14.1. The summed E-state index contributed by atoms with van der Waals surface area (Å²) in [6, 6.07) is 25.3. The predicted octanol–water partition coefficient (Wildman–Crippen LogP) is 7.79. The van der Waals surface area contributed by atoms with Crippen molar-refractivity contribution in [2.45, 2.75) is 33.3 Å². The van der Waals surface area contributed by atoms with Crippen molar-refractivity contribution in [1.82, 2.24) is 9.66 Å². The molecule has 4 aromatic carbocycles. The fourth-order valence-corrected chi connectivity index (χ4v) is 5.13. The lowest BCUT2D eigenvalue weighted by molar-refractivity contribution is 0.306. The van der Waals surface area contributed by atoms with E-state index in [9.17, 15) is 4.79 Å². The van der Waals surface area contributed by atoms with Crippen LogP contribution in [0, 0.1) is 6.92 Å². The second kappa shape index (κ2) is 12.8. The van der Waals surface area contributed by atoms with Crippen molar-refractivity contribution in [3.8, 4) is 22.9 Å². The van der Waals surface area contributed by atoms with Crippen LogP contribution < -0.4 is 19.9 Å². The molecule has 0 aliphatic carbocycles. The highest BCUT2D eigenvalue weighted by Crippen LogP contribution is 2.34. The maximum Gasteiger partial charge on any atom is 0.282 e. The Balaban J connectivity index is 1.64. The van der Waals surface area contributed by atoms with E-state index in [2.05, 4.69) is 35.8 Å². The molecule has 0 fully saturated rings. The van der Waals surface area contributed by atoms with E-state index in [1.807, 2.05) is 92.6 Å². The van der Waals surface area contributed by atoms with Crippen LogP contribution in [0.15, 0.2) is 93.2 Å². The zero-order chi connectivity index (χ0) is 30.7. The highest BCUT2D eigenvalue weighted by Gasteiger charge is 2.18. The molecule has 0 amide bonds. The number of halogens is 1. The highest BCUT2D eigenvalue weighted by molar-refractivity contribution is 9.10. The molecule has 1 heterocycles. The highest BCUT2D eigenvalue weighted by atomic mass is 79.9. The number of para-hydroxylation sites is 1. The monoisotopic (exact) mass is 638 g/mol. The fraction of sp³-hybridized carbons (Fsp3) is 0.229. The third-order valence-corrected chi connectivity index (χ3v) is 7.86. The summed E-state index contributed by atoms with van der Waals surface area (Å²) in [6.45, 7) is 6.61. The maximum absolute atomic E-state index is 13.9. The Hall–Kier alpha value is -4.43. The molecule has 0 atom stereocenters. The molecule has 1 aromatic heterocycles. The smallest absolute Gasteiger partial charge is 0.282 e. The molecule has 0 N–H and O–H groups in total. The van der Waals surface area contributed by atoms with Crippen molar-refractivity contribution in [3.05, 3.63) is 116 Å². The van der Waals surface area contributed by atoms with Crippen molar-refractivity contribution < 1.29 is 9.47 Å². The molecule has 0 aliphatic heterocycles. The van der Waals surface area contributed by atoms with Crippen LogP contribution in [-0.4, -0.2) is 37.1 Å². The minimum absolute atomic E-state index is 0.207. The SMILES string of the molecule is COc1cc(C)c(-c2nc3ccccc3c(=O)n2N=Cc2ccc(N(C)C)cc2OCc2ccc(Br)cc2)cc1C(C)C. The average Bonchev–Trinajstić information content (AvgIpc) is 3.00. The standard InChI is InChI=1S/C35H35BrN4O3/c1-22(2)29-19-30(23(3)17-33(29)42-6)34-38-31-10-8-7-9-28(31)35(41)40(34)37-20-25-13-16-27(39(4)5)18-32(25)43-21-24-11-14-26(36)15-12-24/h7-20,22H,21H2,1-6H3. The summed E-state index contributed by atoms with van der Waals surface area (Å²) >= 11 is 3.48. The number of methoxy groups -OCH3 is 1. The van der Waals surface area contributed by atoms with Crippen molar-refractivity contribution in [2.75, 3.05) is 26.1 Å². The summed E-state index contributed by atoms with van der Waals surface area (Å²) in [7, 11) is 5.64. The molecule has 0 unspecified atom stereocenters. The Morgan fingerprint density at radius 2 is 1.74 bits per heavy atom. The van der Waals surface area contributed by atoms with Gasteiger partial charge in [-0.3, -0.25) is 4.79 Å². The normalized spacial score (nSPS) is 11.4. The van der Waals surface area contributed by atoms with E-state index < -0.39 is 0 Å². The van der Waals surface area contributed by atoms with Crippen LogP contribution in [0.1, 0.15) is 42.0 Å². The van der Waals surface area contributed by atoms with Crippen LogP contribution in [-0.2, 0) is 6.61 Å². The van der Waals surface area contributed by atoms with Crippen LogP contribution in [0.5, 0.6) is 11.5 Å². The number of anilines is 1. The molecule has 8 heteroatoms. The first kappa shape index (κ1) is 30.0.